The van der Waals surface area contributed by atoms with Gasteiger partial charge in [-0.15, -0.1) is 0 Å². The summed E-state index contributed by atoms with van der Waals surface area (Å²) in [6.07, 6.45) is 5.39. The van der Waals surface area contributed by atoms with Crippen LogP contribution >= 0.6 is 0 Å². The highest BCUT2D eigenvalue weighted by molar-refractivity contribution is 5.83. The lowest BCUT2D eigenvalue weighted by molar-refractivity contribution is -0.137. The number of esters is 1. The summed E-state index contributed by atoms with van der Waals surface area (Å²) in [6, 6.07) is 2.23. The number of carbonyl (C=O) groups is 1. The molecule has 1 unspecified atom stereocenters. The Labute approximate surface area is 84.4 Å². The summed E-state index contributed by atoms with van der Waals surface area (Å²) in [5.74, 6) is -0.391. The fraction of sp³-hybridized carbons (Fsp3) is 0.636. The van der Waals surface area contributed by atoms with Gasteiger partial charge in [0.15, 0.2) is 0 Å². The molecule has 0 spiro atoms. The first-order valence-corrected chi connectivity index (χ1v) is 5.04. The van der Waals surface area contributed by atoms with Crippen molar-refractivity contribution in [1.29, 1.82) is 5.26 Å². The number of rotatable bonds is 2. The molecule has 0 N–H and O–H groups in total. The second kappa shape index (κ2) is 5.43. The molecule has 1 fully saturated rings. The first kappa shape index (κ1) is 10.8. The van der Waals surface area contributed by atoms with Crippen molar-refractivity contribution in [2.75, 3.05) is 6.61 Å². The van der Waals surface area contributed by atoms with E-state index in [9.17, 15) is 4.79 Å². The Kier molecular flexibility index (Phi) is 4.18. The Morgan fingerprint density at radius 1 is 1.71 bits per heavy atom. The molecular weight excluding hydrogens is 178 g/mol. The smallest absolute Gasteiger partial charge is 0.330 e. The Morgan fingerprint density at radius 2 is 2.50 bits per heavy atom. The van der Waals surface area contributed by atoms with Crippen molar-refractivity contribution in [2.24, 2.45) is 5.92 Å². The van der Waals surface area contributed by atoms with Crippen LogP contribution in [0, 0.1) is 17.2 Å². The average molecular weight is 193 g/mol. The van der Waals surface area contributed by atoms with Crippen molar-refractivity contribution in [2.45, 2.75) is 32.6 Å². The summed E-state index contributed by atoms with van der Waals surface area (Å²) in [5.41, 5.74) is 0.942. The molecule has 0 aliphatic heterocycles. The maximum absolute atomic E-state index is 11.2. The van der Waals surface area contributed by atoms with Gasteiger partial charge in [0.1, 0.15) is 0 Å². The Hall–Kier alpha value is -1.30. The van der Waals surface area contributed by atoms with E-state index < -0.39 is 0 Å². The van der Waals surface area contributed by atoms with Gasteiger partial charge >= 0.3 is 5.97 Å². The second-order valence-electron chi connectivity index (χ2n) is 3.40. The molecule has 0 aromatic rings. The highest BCUT2D eigenvalue weighted by atomic mass is 16.5. The highest BCUT2D eigenvalue weighted by Gasteiger charge is 2.19. The summed E-state index contributed by atoms with van der Waals surface area (Å²) < 4.78 is 4.81. The van der Waals surface area contributed by atoms with E-state index in [0.717, 1.165) is 31.3 Å². The van der Waals surface area contributed by atoms with Crippen LogP contribution in [-0.4, -0.2) is 12.6 Å². The number of ether oxygens (including phenoxy) is 1. The quantitative estimate of drug-likeness (QED) is 0.499. The van der Waals surface area contributed by atoms with Gasteiger partial charge in [0.05, 0.1) is 18.6 Å². The molecular formula is C11H15NO2. The molecule has 0 aromatic carbocycles. The maximum atomic E-state index is 11.2. The van der Waals surface area contributed by atoms with E-state index in [2.05, 4.69) is 6.07 Å². The second-order valence-corrected chi connectivity index (χ2v) is 3.40. The molecule has 1 atom stereocenters. The highest BCUT2D eigenvalue weighted by Crippen LogP contribution is 2.28. The van der Waals surface area contributed by atoms with E-state index in [4.69, 9.17) is 10.00 Å². The van der Waals surface area contributed by atoms with Crippen LogP contribution in [0.1, 0.15) is 32.6 Å². The fourth-order valence-electron chi connectivity index (χ4n) is 1.69. The molecule has 1 aliphatic carbocycles. The van der Waals surface area contributed by atoms with Crippen LogP contribution in [0.5, 0.6) is 0 Å². The van der Waals surface area contributed by atoms with Gasteiger partial charge in [0.25, 0.3) is 0 Å². The van der Waals surface area contributed by atoms with Crippen LogP contribution in [0.25, 0.3) is 0 Å². The van der Waals surface area contributed by atoms with Gasteiger partial charge in [-0.25, -0.2) is 4.79 Å². The summed E-state index contributed by atoms with van der Waals surface area (Å²) in [4.78, 5) is 11.2. The first-order valence-electron chi connectivity index (χ1n) is 5.04. The predicted octanol–water partition coefficient (Wildman–Crippen LogP) is 2.19. The lowest BCUT2D eigenvalue weighted by Gasteiger charge is -2.18. The molecule has 1 aliphatic rings. The van der Waals surface area contributed by atoms with Crippen molar-refractivity contribution in [3.8, 4) is 6.07 Å². The molecule has 14 heavy (non-hydrogen) atoms. The van der Waals surface area contributed by atoms with E-state index in [-0.39, 0.29) is 11.9 Å². The molecule has 0 amide bonds. The third kappa shape index (κ3) is 2.88. The lowest BCUT2D eigenvalue weighted by Crippen LogP contribution is -2.11. The van der Waals surface area contributed by atoms with Crippen LogP contribution in [0.3, 0.4) is 0 Å². The van der Waals surface area contributed by atoms with Gasteiger partial charge in [0.2, 0.25) is 0 Å². The molecule has 3 nitrogen and oxygen atoms in total. The average Bonchev–Trinajstić information content (AvgIpc) is 2.19. The zero-order chi connectivity index (χ0) is 10.4. The number of hydrogen-bond acceptors (Lipinski definition) is 3. The Bertz CT molecular complexity index is 276. The van der Waals surface area contributed by atoms with E-state index >= 15 is 0 Å². The van der Waals surface area contributed by atoms with Crippen molar-refractivity contribution in [3.63, 3.8) is 0 Å². The minimum absolute atomic E-state index is 0.0758. The van der Waals surface area contributed by atoms with Gasteiger partial charge in [0, 0.05) is 6.08 Å². The van der Waals surface area contributed by atoms with Crippen molar-refractivity contribution in [3.05, 3.63) is 11.6 Å². The molecule has 0 radical (unpaired) electrons. The van der Waals surface area contributed by atoms with Crippen LogP contribution in [0.2, 0.25) is 0 Å². The molecule has 0 saturated heterocycles. The summed E-state index contributed by atoms with van der Waals surface area (Å²) in [5, 5.41) is 8.86. The number of carbonyl (C=O) groups excluding carboxylic acids is 1. The number of allylic oxidation sites excluding steroid dienone is 1. The molecule has 0 aromatic heterocycles. The fourth-order valence-corrected chi connectivity index (χ4v) is 1.69. The zero-order valence-electron chi connectivity index (χ0n) is 8.45. The van der Waals surface area contributed by atoms with Crippen molar-refractivity contribution < 1.29 is 9.53 Å². The lowest BCUT2D eigenvalue weighted by atomic mass is 9.85. The van der Waals surface area contributed by atoms with Gasteiger partial charge in [-0.05, 0) is 31.8 Å². The normalized spacial score (nSPS) is 24.3. The molecule has 3 heteroatoms. The third-order valence-corrected chi connectivity index (χ3v) is 2.40. The summed E-state index contributed by atoms with van der Waals surface area (Å²) in [6.45, 7) is 2.17. The van der Waals surface area contributed by atoms with Crippen LogP contribution in [0.15, 0.2) is 11.6 Å². The zero-order valence-corrected chi connectivity index (χ0v) is 8.45. The monoisotopic (exact) mass is 193 g/mol. The van der Waals surface area contributed by atoms with E-state index in [1.807, 2.05) is 0 Å². The van der Waals surface area contributed by atoms with Gasteiger partial charge < -0.3 is 4.74 Å². The minimum atomic E-state index is -0.315. The van der Waals surface area contributed by atoms with Gasteiger partial charge in [-0.2, -0.15) is 5.26 Å². The van der Waals surface area contributed by atoms with E-state index in [1.54, 1.807) is 6.92 Å². The van der Waals surface area contributed by atoms with Crippen LogP contribution in [-0.2, 0) is 9.53 Å². The first-order chi connectivity index (χ1) is 6.77. The molecule has 1 rings (SSSR count). The molecule has 0 bridgehead atoms. The van der Waals surface area contributed by atoms with Crippen LogP contribution < -0.4 is 0 Å². The standard InChI is InChI=1S/C11H15NO2/c1-2-14-11(13)7-9-5-3-4-6-10(9)8-12/h7,10H,2-6H2,1H3/b9-7+. The minimum Gasteiger partial charge on any atom is -0.463 e. The number of nitrogens with zero attached hydrogens (tertiary/aromatic N) is 1. The number of nitriles is 1. The number of hydrogen-bond donors (Lipinski definition) is 0. The molecule has 76 valence electrons. The topological polar surface area (TPSA) is 50.1 Å². The van der Waals surface area contributed by atoms with Gasteiger partial charge in [-0.1, -0.05) is 6.42 Å². The Balaban J connectivity index is 2.63. The largest absolute Gasteiger partial charge is 0.463 e. The maximum Gasteiger partial charge on any atom is 0.330 e. The van der Waals surface area contributed by atoms with E-state index in [0.29, 0.717) is 6.61 Å². The predicted molar refractivity (Wildman–Crippen MR) is 52.3 cm³/mol. The van der Waals surface area contributed by atoms with E-state index in [1.165, 1.54) is 6.08 Å². The summed E-state index contributed by atoms with van der Waals surface area (Å²) in [7, 11) is 0. The summed E-state index contributed by atoms with van der Waals surface area (Å²) >= 11 is 0. The molecule has 0 heterocycles. The molecule has 1 saturated carbocycles. The third-order valence-electron chi connectivity index (χ3n) is 2.40. The SMILES string of the molecule is CCOC(=O)/C=C1\CCCCC1C#N. The van der Waals surface area contributed by atoms with Crippen LogP contribution in [0.4, 0.5) is 0 Å². The van der Waals surface area contributed by atoms with Crippen molar-refractivity contribution >= 4 is 5.97 Å². The van der Waals surface area contributed by atoms with Crippen molar-refractivity contribution in [1.82, 2.24) is 0 Å². The van der Waals surface area contributed by atoms with Gasteiger partial charge in [-0.3, -0.25) is 0 Å². The Morgan fingerprint density at radius 3 is 3.14 bits per heavy atom.